The summed E-state index contributed by atoms with van der Waals surface area (Å²) in [5, 5.41) is 8.94. The van der Waals surface area contributed by atoms with Gasteiger partial charge in [-0.1, -0.05) is 6.08 Å². The minimum Gasteiger partial charge on any atom is -0.480 e. The second-order valence-corrected chi connectivity index (χ2v) is 3.44. The number of ether oxygens (including phenoxy) is 1. The third kappa shape index (κ3) is 2.56. The van der Waals surface area contributed by atoms with E-state index in [0.717, 1.165) is 0 Å². The number of amides is 1. The number of allylic oxidation sites excluding steroid dienone is 1. The van der Waals surface area contributed by atoms with Crippen LogP contribution in [0.1, 0.15) is 13.3 Å². The first kappa shape index (κ1) is 11.7. The van der Waals surface area contributed by atoms with E-state index in [4.69, 9.17) is 9.84 Å². The Labute approximate surface area is 88.3 Å². The maximum Gasteiger partial charge on any atom is 0.326 e. The monoisotopic (exact) mass is 213 g/mol. The third-order valence-electron chi connectivity index (χ3n) is 2.47. The summed E-state index contributed by atoms with van der Waals surface area (Å²) in [6.07, 6.45) is 3.14. The largest absolute Gasteiger partial charge is 0.480 e. The lowest BCUT2D eigenvalue weighted by Crippen LogP contribution is -2.39. The highest BCUT2D eigenvalue weighted by Gasteiger charge is 2.38. The van der Waals surface area contributed by atoms with Gasteiger partial charge in [-0.2, -0.15) is 0 Å². The maximum atomic E-state index is 11.5. The molecule has 1 saturated heterocycles. The molecular weight excluding hydrogens is 198 g/mol. The van der Waals surface area contributed by atoms with Gasteiger partial charge in [0.25, 0.3) is 0 Å². The van der Waals surface area contributed by atoms with Gasteiger partial charge in [0.1, 0.15) is 6.04 Å². The molecule has 0 saturated carbocycles. The minimum absolute atomic E-state index is 0.180. The highest BCUT2D eigenvalue weighted by molar-refractivity contribution is 5.91. The van der Waals surface area contributed by atoms with E-state index in [9.17, 15) is 9.59 Å². The third-order valence-corrected chi connectivity index (χ3v) is 2.47. The van der Waals surface area contributed by atoms with Gasteiger partial charge < -0.3 is 14.7 Å². The van der Waals surface area contributed by atoms with Gasteiger partial charge in [0.2, 0.25) is 5.91 Å². The van der Waals surface area contributed by atoms with E-state index in [1.807, 2.05) is 0 Å². The number of likely N-dealkylation sites (tertiary alicyclic amines) is 1. The van der Waals surface area contributed by atoms with Gasteiger partial charge in [-0.25, -0.2) is 4.79 Å². The molecule has 1 aliphatic rings. The summed E-state index contributed by atoms with van der Waals surface area (Å²) in [6, 6.07) is -0.765. The predicted octanol–water partition coefficient (Wildman–Crippen LogP) is 0.263. The number of carbonyl (C=O) groups excluding carboxylic acids is 1. The Morgan fingerprint density at radius 3 is 2.67 bits per heavy atom. The second-order valence-electron chi connectivity index (χ2n) is 3.44. The summed E-state index contributed by atoms with van der Waals surface area (Å²) in [7, 11) is 1.52. The topological polar surface area (TPSA) is 66.8 Å². The van der Waals surface area contributed by atoms with Crippen molar-refractivity contribution in [3.8, 4) is 0 Å². The first-order valence-electron chi connectivity index (χ1n) is 4.79. The van der Waals surface area contributed by atoms with Crippen LogP contribution in [0.4, 0.5) is 0 Å². The van der Waals surface area contributed by atoms with Crippen LogP contribution in [-0.2, 0) is 14.3 Å². The van der Waals surface area contributed by atoms with Crippen molar-refractivity contribution in [1.29, 1.82) is 0 Å². The lowest BCUT2D eigenvalue weighted by molar-refractivity contribution is -0.146. The van der Waals surface area contributed by atoms with Gasteiger partial charge in [0.15, 0.2) is 0 Å². The van der Waals surface area contributed by atoms with Gasteiger partial charge in [0, 0.05) is 20.1 Å². The zero-order chi connectivity index (χ0) is 11.4. The molecule has 0 aromatic carbocycles. The highest BCUT2D eigenvalue weighted by atomic mass is 16.5. The molecule has 1 heterocycles. The molecule has 1 rings (SSSR count). The van der Waals surface area contributed by atoms with Gasteiger partial charge in [-0.15, -0.1) is 0 Å². The van der Waals surface area contributed by atoms with Gasteiger partial charge in [0.05, 0.1) is 6.10 Å². The van der Waals surface area contributed by atoms with Gasteiger partial charge in [-0.3, -0.25) is 4.79 Å². The Balaban J connectivity index is 2.76. The molecule has 1 amide bonds. The summed E-state index contributed by atoms with van der Waals surface area (Å²) < 4.78 is 5.07. The van der Waals surface area contributed by atoms with Crippen molar-refractivity contribution >= 4 is 11.9 Å². The Kier molecular flexibility index (Phi) is 3.85. The number of rotatable bonds is 3. The Morgan fingerprint density at radius 1 is 1.53 bits per heavy atom. The van der Waals surface area contributed by atoms with Crippen molar-refractivity contribution in [1.82, 2.24) is 4.90 Å². The average molecular weight is 213 g/mol. The standard InChI is InChI=1S/C10H15NO4/c1-3-4-9(12)11-6-7(15-2)5-8(11)10(13)14/h3-4,7-8H,5-6H2,1-2H3,(H,13,14)/b4-3+. The summed E-state index contributed by atoms with van der Waals surface area (Å²) in [5.74, 6) is -1.25. The summed E-state index contributed by atoms with van der Waals surface area (Å²) in [6.45, 7) is 2.06. The van der Waals surface area contributed by atoms with Gasteiger partial charge >= 0.3 is 5.97 Å². The average Bonchev–Trinajstić information content (AvgIpc) is 2.61. The fraction of sp³-hybridized carbons (Fsp3) is 0.600. The Morgan fingerprint density at radius 2 is 2.20 bits per heavy atom. The lowest BCUT2D eigenvalue weighted by Gasteiger charge is -2.19. The number of carboxylic acids is 1. The molecule has 1 aliphatic heterocycles. The molecule has 0 aromatic heterocycles. The predicted molar refractivity (Wildman–Crippen MR) is 53.4 cm³/mol. The molecule has 15 heavy (non-hydrogen) atoms. The second kappa shape index (κ2) is 4.93. The quantitative estimate of drug-likeness (QED) is 0.683. The summed E-state index contributed by atoms with van der Waals surface area (Å²) in [5.41, 5.74) is 0. The zero-order valence-corrected chi connectivity index (χ0v) is 8.84. The maximum absolute atomic E-state index is 11.5. The molecule has 1 fully saturated rings. The molecular formula is C10H15NO4. The van der Waals surface area contributed by atoms with Crippen molar-refractivity contribution < 1.29 is 19.4 Å². The van der Waals surface area contributed by atoms with Crippen LogP contribution in [0, 0.1) is 0 Å². The van der Waals surface area contributed by atoms with Crippen LogP contribution in [0.15, 0.2) is 12.2 Å². The lowest BCUT2D eigenvalue weighted by atomic mass is 10.2. The van der Waals surface area contributed by atoms with Crippen molar-refractivity contribution in [2.24, 2.45) is 0 Å². The van der Waals surface area contributed by atoms with Crippen LogP contribution in [-0.4, -0.2) is 47.7 Å². The van der Waals surface area contributed by atoms with Crippen molar-refractivity contribution in [3.05, 3.63) is 12.2 Å². The van der Waals surface area contributed by atoms with E-state index >= 15 is 0 Å². The molecule has 0 aromatic rings. The van der Waals surface area contributed by atoms with Crippen LogP contribution < -0.4 is 0 Å². The molecule has 1 N–H and O–H groups in total. The van der Waals surface area contributed by atoms with E-state index in [2.05, 4.69) is 0 Å². The molecule has 5 nitrogen and oxygen atoms in total. The van der Waals surface area contributed by atoms with E-state index < -0.39 is 12.0 Å². The van der Waals surface area contributed by atoms with Crippen LogP contribution in [0.3, 0.4) is 0 Å². The number of carboxylic acid groups (broad SMARTS) is 1. The van der Waals surface area contributed by atoms with E-state index in [0.29, 0.717) is 13.0 Å². The van der Waals surface area contributed by atoms with E-state index in [1.165, 1.54) is 18.1 Å². The number of carbonyl (C=O) groups is 2. The van der Waals surface area contributed by atoms with Crippen LogP contribution in [0.2, 0.25) is 0 Å². The smallest absolute Gasteiger partial charge is 0.326 e. The fourth-order valence-corrected chi connectivity index (χ4v) is 1.68. The van der Waals surface area contributed by atoms with Crippen molar-refractivity contribution in [2.45, 2.75) is 25.5 Å². The first-order chi connectivity index (χ1) is 7.10. The van der Waals surface area contributed by atoms with E-state index in [1.54, 1.807) is 13.0 Å². The molecule has 2 atom stereocenters. The molecule has 2 unspecified atom stereocenters. The van der Waals surface area contributed by atoms with Crippen LogP contribution in [0.5, 0.6) is 0 Å². The van der Waals surface area contributed by atoms with E-state index in [-0.39, 0.29) is 12.0 Å². The Hall–Kier alpha value is -1.36. The molecule has 0 bridgehead atoms. The molecule has 84 valence electrons. The van der Waals surface area contributed by atoms with Crippen LogP contribution >= 0.6 is 0 Å². The van der Waals surface area contributed by atoms with Crippen molar-refractivity contribution in [3.63, 3.8) is 0 Å². The van der Waals surface area contributed by atoms with Crippen LogP contribution in [0.25, 0.3) is 0 Å². The summed E-state index contributed by atoms with van der Waals surface area (Å²) >= 11 is 0. The van der Waals surface area contributed by atoms with Crippen molar-refractivity contribution in [2.75, 3.05) is 13.7 Å². The minimum atomic E-state index is -0.979. The summed E-state index contributed by atoms with van der Waals surface area (Å²) in [4.78, 5) is 23.8. The SMILES string of the molecule is C/C=C/C(=O)N1CC(OC)CC1C(=O)O. The number of aliphatic carboxylic acids is 1. The number of nitrogens with zero attached hydrogens (tertiary/aromatic N) is 1. The Bertz CT molecular complexity index is 287. The molecule has 0 aliphatic carbocycles. The van der Waals surface area contributed by atoms with Gasteiger partial charge in [-0.05, 0) is 13.0 Å². The highest BCUT2D eigenvalue weighted by Crippen LogP contribution is 2.20. The number of hydrogen-bond acceptors (Lipinski definition) is 3. The number of hydrogen-bond donors (Lipinski definition) is 1. The first-order valence-corrected chi connectivity index (χ1v) is 4.79. The zero-order valence-electron chi connectivity index (χ0n) is 8.84. The molecule has 0 radical (unpaired) electrons. The molecule has 5 heteroatoms. The number of methoxy groups -OCH3 is 1. The molecule has 0 spiro atoms. The fourth-order valence-electron chi connectivity index (χ4n) is 1.68. The normalized spacial score (nSPS) is 26.1.